The summed E-state index contributed by atoms with van der Waals surface area (Å²) in [7, 11) is 3.13. The molecule has 0 atom stereocenters. The number of carbonyl (C=O) groups excluding carboxylic acids is 2. The Balaban J connectivity index is 1.49. The average molecular weight is 389 g/mol. The number of amides is 2. The van der Waals surface area contributed by atoms with Crippen molar-refractivity contribution in [2.24, 2.45) is 5.92 Å². The third-order valence-corrected chi connectivity index (χ3v) is 6.04. The van der Waals surface area contributed by atoms with Crippen LogP contribution in [0.4, 0.5) is 0 Å². The number of piperazine rings is 1. The number of ether oxygens (including phenoxy) is 2. The van der Waals surface area contributed by atoms with Crippen LogP contribution in [0.3, 0.4) is 0 Å². The summed E-state index contributed by atoms with van der Waals surface area (Å²) in [6.07, 6.45) is 8.20. The van der Waals surface area contributed by atoms with E-state index in [2.05, 4.69) is 0 Å². The summed E-state index contributed by atoms with van der Waals surface area (Å²) >= 11 is 0. The molecule has 1 heterocycles. The molecule has 1 aromatic rings. The molecule has 1 saturated carbocycles. The zero-order valence-corrected chi connectivity index (χ0v) is 17.1. The SMILES string of the molecule is COc1ccc(C(=O)N2CCN(C(=O)CCC3CCCCC3)CC2)cc1OC. The third-order valence-electron chi connectivity index (χ3n) is 6.04. The van der Waals surface area contributed by atoms with E-state index in [-0.39, 0.29) is 11.8 Å². The maximum atomic E-state index is 12.8. The Morgan fingerprint density at radius 1 is 0.929 bits per heavy atom. The van der Waals surface area contributed by atoms with Gasteiger partial charge in [0.1, 0.15) is 0 Å². The van der Waals surface area contributed by atoms with Gasteiger partial charge in [0.15, 0.2) is 11.5 Å². The summed E-state index contributed by atoms with van der Waals surface area (Å²) in [6, 6.07) is 5.21. The summed E-state index contributed by atoms with van der Waals surface area (Å²) in [5.74, 6) is 2.09. The summed E-state index contributed by atoms with van der Waals surface area (Å²) < 4.78 is 10.5. The molecular weight excluding hydrogens is 356 g/mol. The van der Waals surface area contributed by atoms with Gasteiger partial charge in [-0.1, -0.05) is 32.1 Å². The zero-order chi connectivity index (χ0) is 19.9. The maximum absolute atomic E-state index is 12.8. The van der Waals surface area contributed by atoms with Gasteiger partial charge in [0, 0.05) is 38.2 Å². The first-order valence-electron chi connectivity index (χ1n) is 10.4. The number of hydrogen-bond acceptors (Lipinski definition) is 4. The van der Waals surface area contributed by atoms with Crippen LogP contribution in [0.5, 0.6) is 11.5 Å². The van der Waals surface area contributed by atoms with Crippen molar-refractivity contribution in [3.63, 3.8) is 0 Å². The first-order valence-corrected chi connectivity index (χ1v) is 10.4. The van der Waals surface area contributed by atoms with Gasteiger partial charge >= 0.3 is 0 Å². The van der Waals surface area contributed by atoms with Gasteiger partial charge in [0.2, 0.25) is 5.91 Å². The van der Waals surface area contributed by atoms with Crippen molar-refractivity contribution >= 4 is 11.8 Å². The maximum Gasteiger partial charge on any atom is 0.254 e. The van der Waals surface area contributed by atoms with Crippen LogP contribution in [0.1, 0.15) is 55.3 Å². The van der Waals surface area contributed by atoms with Gasteiger partial charge in [-0.2, -0.15) is 0 Å². The number of methoxy groups -OCH3 is 2. The predicted molar refractivity (Wildman–Crippen MR) is 108 cm³/mol. The monoisotopic (exact) mass is 388 g/mol. The minimum absolute atomic E-state index is 0.0322. The molecule has 28 heavy (non-hydrogen) atoms. The highest BCUT2D eigenvalue weighted by atomic mass is 16.5. The molecule has 1 aliphatic heterocycles. The molecule has 2 aliphatic rings. The molecule has 6 nitrogen and oxygen atoms in total. The van der Waals surface area contributed by atoms with E-state index in [0.717, 1.165) is 12.3 Å². The number of nitrogens with zero attached hydrogens (tertiary/aromatic N) is 2. The molecule has 3 rings (SSSR count). The van der Waals surface area contributed by atoms with Crippen LogP contribution < -0.4 is 9.47 Å². The van der Waals surface area contributed by atoms with E-state index in [1.54, 1.807) is 32.4 Å². The second kappa shape index (κ2) is 9.80. The minimum atomic E-state index is -0.0322. The average Bonchev–Trinajstić information content (AvgIpc) is 2.77. The second-order valence-electron chi connectivity index (χ2n) is 7.79. The number of rotatable bonds is 6. The molecule has 0 aromatic heterocycles. The molecule has 2 amide bonds. The topological polar surface area (TPSA) is 59.1 Å². The first-order chi connectivity index (χ1) is 13.6. The molecule has 0 radical (unpaired) electrons. The van der Waals surface area contributed by atoms with Crippen molar-refractivity contribution in [1.29, 1.82) is 0 Å². The fourth-order valence-electron chi connectivity index (χ4n) is 4.27. The highest BCUT2D eigenvalue weighted by Gasteiger charge is 2.26. The lowest BCUT2D eigenvalue weighted by Gasteiger charge is -2.35. The molecule has 1 saturated heterocycles. The van der Waals surface area contributed by atoms with E-state index in [9.17, 15) is 9.59 Å². The van der Waals surface area contributed by atoms with Crippen molar-refractivity contribution in [2.45, 2.75) is 44.9 Å². The van der Waals surface area contributed by atoms with Crippen molar-refractivity contribution in [1.82, 2.24) is 9.80 Å². The first kappa shape index (κ1) is 20.5. The highest BCUT2D eigenvalue weighted by molar-refractivity contribution is 5.95. The summed E-state index contributed by atoms with van der Waals surface area (Å²) in [5, 5.41) is 0. The van der Waals surface area contributed by atoms with Gasteiger partial charge in [0.05, 0.1) is 14.2 Å². The smallest absolute Gasteiger partial charge is 0.254 e. The van der Waals surface area contributed by atoms with E-state index >= 15 is 0 Å². The fraction of sp³-hybridized carbons (Fsp3) is 0.636. The van der Waals surface area contributed by atoms with E-state index in [1.165, 1.54) is 32.1 Å². The van der Waals surface area contributed by atoms with Crippen LogP contribution in [0.2, 0.25) is 0 Å². The van der Waals surface area contributed by atoms with Crippen molar-refractivity contribution in [3.8, 4) is 11.5 Å². The molecule has 1 aromatic carbocycles. The van der Waals surface area contributed by atoms with Gasteiger partial charge in [-0.3, -0.25) is 9.59 Å². The standard InChI is InChI=1S/C22H32N2O4/c1-27-19-10-9-18(16-20(19)28-2)22(26)24-14-12-23(13-15-24)21(25)11-8-17-6-4-3-5-7-17/h9-10,16-17H,3-8,11-15H2,1-2H3. The molecule has 0 spiro atoms. The van der Waals surface area contributed by atoms with Crippen molar-refractivity contribution in [2.75, 3.05) is 40.4 Å². The number of benzene rings is 1. The minimum Gasteiger partial charge on any atom is -0.493 e. The summed E-state index contributed by atoms with van der Waals surface area (Å²) in [4.78, 5) is 29.1. The molecule has 0 unspecified atom stereocenters. The van der Waals surface area contributed by atoms with Crippen LogP contribution >= 0.6 is 0 Å². The second-order valence-corrected chi connectivity index (χ2v) is 7.79. The molecule has 1 aliphatic carbocycles. The summed E-state index contributed by atoms with van der Waals surface area (Å²) in [5.41, 5.74) is 0.578. The third kappa shape index (κ3) is 4.97. The van der Waals surface area contributed by atoms with Gasteiger partial charge in [0.25, 0.3) is 5.91 Å². The Kier molecular flexibility index (Phi) is 7.18. The van der Waals surface area contributed by atoms with E-state index < -0.39 is 0 Å². The van der Waals surface area contributed by atoms with Crippen LogP contribution in [0.25, 0.3) is 0 Å². The van der Waals surface area contributed by atoms with Gasteiger partial charge in [-0.15, -0.1) is 0 Å². The molecule has 0 bridgehead atoms. The fourth-order valence-corrected chi connectivity index (χ4v) is 4.27. The molecule has 0 N–H and O–H groups in total. The van der Waals surface area contributed by atoms with Crippen LogP contribution in [0.15, 0.2) is 18.2 Å². The normalized spacial score (nSPS) is 18.1. The van der Waals surface area contributed by atoms with E-state index in [0.29, 0.717) is 49.7 Å². The zero-order valence-electron chi connectivity index (χ0n) is 17.1. The summed E-state index contributed by atoms with van der Waals surface area (Å²) in [6.45, 7) is 2.37. The Morgan fingerprint density at radius 3 is 2.21 bits per heavy atom. The van der Waals surface area contributed by atoms with Crippen molar-refractivity contribution < 1.29 is 19.1 Å². The highest BCUT2D eigenvalue weighted by Crippen LogP contribution is 2.29. The quantitative estimate of drug-likeness (QED) is 0.750. The van der Waals surface area contributed by atoms with Gasteiger partial charge < -0.3 is 19.3 Å². The lowest BCUT2D eigenvalue weighted by atomic mass is 9.86. The Labute approximate surface area is 167 Å². The van der Waals surface area contributed by atoms with Gasteiger partial charge in [-0.25, -0.2) is 0 Å². The van der Waals surface area contributed by atoms with E-state index in [4.69, 9.17) is 9.47 Å². The predicted octanol–water partition coefficient (Wildman–Crippen LogP) is 3.35. The molecule has 154 valence electrons. The van der Waals surface area contributed by atoms with Gasteiger partial charge in [-0.05, 0) is 30.5 Å². The van der Waals surface area contributed by atoms with Crippen LogP contribution in [0, 0.1) is 5.92 Å². The number of carbonyl (C=O) groups is 2. The Bertz CT molecular complexity index is 677. The lowest BCUT2D eigenvalue weighted by Crippen LogP contribution is -2.50. The molecular formula is C22H32N2O4. The van der Waals surface area contributed by atoms with E-state index in [1.807, 2.05) is 9.80 Å². The molecule has 6 heteroatoms. The van der Waals surface area contributed by atoms with Crippen LogP contribution in [-0.4, -0.2) is 62.0 Å². The van der Waals surface area contributed by atoms with Crippen molar-refractivity contribution in [3.05, 3.63) is 23.8 Å². The lowest BCUT2D eigenvalue weighted by molar-refractivity contribution is -0.133. The Hall–Kier alpha value is -2.24. The number of hydrogen-bond donors (Lipinski definition) is 0. The van der Waals surface area contributed by atoms with Crippen LogP contribution in [-0.2, 0) is 4.79 Å². The largest absolute Gasteiger partial charge is 0.493 e. The Morgan fingerprint density at radius 2 is 1.57 bits per heavy atom. The molecule has 2 fully saturated rings.